The quantitative estimate of drug-likeness (QED) is 0.705. The fourth-order valence-electron chi connectivity index (χ4n) is 1.83. The van der Waals surface area contributed by atoms with Gasteiger partial charge in [0.15, 0.2) is 0 Å². The van der Waals surface area contributed by atoms with Crippen molar-refractivity contribution >= 4 is 39.1 Å². The van der Waals surface area contributed by atoms with Crippen LogP contribution in [-0.2, 0) is 10.0 Å². The molecule has 1 rings (SSSR count). The van der Waals surface area contributed by atoms with Gasteiger partial charge in [-0.25, -0.2) is 13.1 Å². The molecule has 5 nitrogen and oxygen atoms in total. The first kappa shape index (κ1) is 21.2. The van der Waals surface area contributed by atoms with E-state index in [-0.39, 0.29) is 33.0 Å². The van der Waals surface area contributed by atoms with Crippen LogP contribution in [0, 0.1) is 11.8 Å². The summed E-state index contributed by atoms with van der Waals surface area (Å²) < 4.78 is 27.2. The molecular weight excluding hydrogens is 371 g/mol. The molecule has 1 amide bonds. The van der Waals surface area contributed by atoms with Gasteiger partial charge >= 0.3 is 0 Å². The summed E-state index contributed by atoms with van der Waals surface area (Å²) in [4.78, 5) is 12.1. The average Bonchev–Trinajstić information content (AvgIpc) is 2.44. The first-order valence-corrected chi connectivity index (χ1v) is 10.1. The minimum Gasteiger partial charge on any atom is -0.352 e. The van der Waals surface area contributed by atoms with E-state index in [4.69, 9.17) is 23.2 Å². The van der Waals surface area contributed by atoms with Crippen molar-refractivity contribution in [2.24, 2.45) is 11.8 Å². The molecule has 0 atom stereocenters. The van der Waals surface area contributed by atoms with Gasteiger partial charge in [-0.3, -0.25) is 4.79 Å². The molecular formula is C16H24Cl2N2O3S. The Bertz CT molecular complexity index is 689. The molecule has 0 bridgehead atoms. The van der Waals surface area contributed by atoms with Crippen molar-refractivity contribution in [2.45, 2.75) is 39.0 Å². The van der Waals surface area contributed by atoms with Gasteiger partial charge in [-0.15, -0.1) is 0 Å². The molecule has 0 saturated heterocycles. The van der Waals surface area contributed by atoms with E-state index in [1.807, 2.05) is 27.7 Å². The maximum Gasteiger partial charge on any atom is 0.252 e. The van der Waals surface area contributed by atoms with Gasteiger partial charge in [0.25, 0.3) is 5.91 Å². The summed E-state index contributed by atoms with van der Waals surface area (Å²) in [5.74, 6) is 0.171. The lowest BCUT2D eigenvalue weighted by molar-refractivity contribution is 0.0952. The second-order valence-corrected chi connectivity index (χ2v) is 9.00. The summed E-state index contributed by atoms with van der Waals surface area (Å²) in [7, 11) is -3.81. The van der Waals surface area contributed by atoms with Crippen LogP contribution in [0.5, 0.6) is 0 Å². The van der Waals surface area contributed by atoms with E-state index >= 15 is 0 Å². The van der Waals surface area contributed by atoms with Crippen LogP contribution in [0.4, 0.5) is 0 Å². The number of sulfonamides is 1. The fourth-order valence-corrected chi connectivity index (χ4v) is 3.90. The van der Waals surface area contributed by atoms with Crippen LogP contribution < -0.4 is 10.0 Å². The monoisotopic (exact) mass is 394 g/mol. The van der Waals surface area contributed by atoms with Crippen molar-refractivity contribution in [3.05, 3.63) is 27.7 Å². The molecule has 1 aromatic rings. The highest BCUT2D eigenvalue weighted by molar-refractivity contribution is 7.89. The number of hydrogen-bond donors (Lipinski definition) is 2. The van der Waals surface area contributed by atoms with E-state index in [0.29, 0.717) is 12.5 Å². The first-order valence-electron chi connectivity index (χ1n) is 7.81. The number of nitrogens with one attached hydrogen (secondary N) is 2. The zero-order valence-electron chi connectivity index (χ0n) is 14.3. The van der Waals surface area contributed by atoms with Gasteiger partial charge in [0.2, 0.25) is 10.0 Å². The molecule has 2 N–H and O–H groups in total. The maximum absolute atomic E-state index is 12.4. The van der Waals surface area contributed by atoms with Crippen molar-refractivity contribution in [2.75, 3.05) is 13.1 Å². The Balaban J connectivity index is 3.06. The second kappa shape index (κ2) is 9.04. The highest BCUT2D eigenvalue weighted by atomic mass is 35.5. The molecule has 0 aliphatic carbocycles. The molecule has 136 valence electrons. The first-order chi connectivity index (χ1) is 11.0. The van der Waals surface area contributed by atoms with Crippen LogP contribution in [0.2, 0.25) is 10.0 Å². The number of benzene rings is 1. The SMILES string of the molecule is CC(C)CCNC(=O)c1cc(S(=O)(=O)NCC(C)C)c(Cl)cc1Cl. The predicted octanol–water partition coefficient (Wildman–Crippen LogP) is 3.70. The number of halogens is 2. The molecule has 0 spiro atoms. The van der Waals surface area contributed by atoms with Gasteiger partial charge in [0.05, 0.1) is 15.6 Å². The summed E-state index contributed by atoms with van der Waals surface area (Å²) in [6.07, 6.45) is 0.818. The van der Waals surface area contributed by atoms with Gasteiger partial charge in [-0.2, -0.15) is 0 Å². The molecule has 1 aromatic carbocycles. The third-order valence-corrected chi connectivity index (χ3v) is 5.45. The Morgan fingerprint density at radius 1 is 1.08 bits per heavy atom. The lowest BCUT2D eigenvalue weighted by Gasteiger charge is -2.13. The third-order valence-electron chi connectivity index (χ3n) is 3.24. The van der Waals surface area contributed by atoms with E-state index in [1.54, 1.807) is 0 Å². The number of carbonyl (C=O) groups excluding carboxylic acids is 1. The Hall–Kier alpha value is -0.820. The molecule has 0 aliphatic rings. The van der Waals surface area contributed by atoms with Crippen molar-refractivity contribution in [3.8, 4) is 0 Å². The molecule has 0 aromatic heterocycles. The zero-order valence-corrected chi connectivity index (χ0v) is 16.6. The van der Waals surface area contributed by atoms with Crippen molar-refractivity contribution in [3.63, 3.8) is 0 Å². The molecule has 0 fully saturated rings. The van der Waals surface area contributed by atoms with Crippen molar-refractivity contribution in [1.82, 2.24) is 10.0 Å². The lowest BCUT2D eigenvalue weighted by Crippen LogP contribution is -2.29. The summed E-state index contributed by atoms with van der Waals surface area (Å²) in [6.45, 7) is 8.64. The van der Waals surface area contributed by atoms with Gasteiger partial charge in [0.1, 0.15) is 4.90 Å². The second-order valence-electron chi connectivity index (χ2n) is 6.45. The van der Waals surface area contributed by atoms with Crippen LogP contribution in [0.25, 0.3) is 0 Å². The summed E-state index contributed by atoms with van der Waals surface area (Å²) in [5, 5.41) is 2.83. The summed E-state index contributed by atoms with van der Waals surface area (Å²) >= 11 is 12.1. The molecule has 8 heteroatoms. The average molecular weight is 395 g/mol. The smallest absolute Gasteiger partial charge is 0.252 e. The van der Waals surface area contributed by atoms with Crippen molar-refractivity contribution < 1.29 is 13.2 Å². The third kappa shape index (κ3) is 6.24. The van der Waals surface area contributed by atoms with Crippen LogP contribution >= 0.6 is 23.2 Å². The zero-order chi connectivity index (χ0) is 18.5. The highest BCUT2D eigenvalue weighted by Crippen LogP contribution is 2.28. The topological polar surface area (TPSA) is 75.3 Å². The lowest BCUT2D eigenvalue weighted by atomic mass is 10.1. The Labute approximate surface area is 154 Å². The number of amides is 1. The van der Waals surface area contributed by atoms with E-state index < -0.39 is 15.9 Å². The largest absolute Gasteiger partial charge is 0.352 e. The Kier molecular flexibility index (Phi) is 7.99. The standard InChI is InChI=1S/C16H24Cl2N2O3S/c1-10(2)5-6-19-16(21)12-7-15(14(18)8-13(12)17)24(22,23)20-9-11(3)4/h7-8,10-11,20H,5-6,9H2,1-4H3,(H,19,21). The van der Waals surface area contributed by atoms with Gasteiger partial charge in [-0.1, -0.05) is 50.9 Å². The number of hydrogen-bond acceptors (Lipinski definition) is 3. The minimum absolute atomic E-state index is 0.0185. The van der Waals surface area contributed by atoms with Crippen LogP contribution in [0.15, 0.2) is 17.0 Å². The van der Waals surface area contributed by atoms with Gasteiger partial charge in [-0.05, 0) is 30.4 Å². The van der Waals surface area contributed by atoms with E-state index in [0.717, 1.165) is 6.42 Å². The van der Waals surface area contributed by atoms with Gasteiger partial charge in [0, 0.05) is 13.1 Å². The van der Waals surface area contributed by atoms with E-state index in [1.165, 1.54) is 12.1 Å². The fraction of sp³-hybridized carbons (Fsp3) is 0.562. The van der Waals surface area contributed by atoms with Crippen LogP contribution in [0.3, 0.4) is 0 Å². The molecule has 0 unspecified atom stereocenters. The highest BCUT2D eigenvalue weighted by Gasteiger charge is 2.22. The molecule has 0 radical (unpaired) electrons. The number of rotatable bonds is 8. The number of carbonyl (C=O) groups is 1. The van der Waals surface area contributed by atoms with E-state index in [2.05, 4.69) is 10.0 Å². The van der Waals surface area contributed by atoms with Crippen molar-refractivity contribution in [1.29, 1.82) is 0 Å². The van der Waals surface area contributed by atoms with E-state index in [9.17, 15) is 13.2 Å². The normalized spacial score (nSPS) is 12.0. The van der Waals surface area contributed by atoms with Crippen LogP contribution in [0.1, 0.15) is 44.5 Å². The Morgan fingerprint density at radius 2 is 1.71 bits per heavy atom. The minimum atomic E-state index is -3.81. The molecule has 24 heavy (non-hydrogen) atoms. The molecule has 0 heterocycles. The molecule has 0 aliphatic heterocycles. The Morgan fingerprint density at radius 3 is 2.25 bits per heavy atom. The van der Waals surface area contributed by atoms with Crippen LogP contribution in [-0.4, -0.2) is 27.4 Å². The predicted molar refractivity (Wildman–Crippen MR) is 98.3 cm³/mol. The summed E-state index contributed by atoms with van der Waals surface area (Å²) in [5.41, 5.74) is 0.0924. The van der Waals surface area contributed by atoms with Gasteiger partial charge < -0.3 is 5.32 Å². The molecule has 0 saturated carbocycles. The maximum atomic E-state index is 12.4. The summed E-state index contributed by atoms with van der Waals surface area (Å²) in [6, 6.07) is 2.50.